The third-order valence-electron chi connectivity index (χ3n) is 9.81. The van der Waals surface area contributed by atoms with Gasteiger partial charge in [-0.1, -0.05) is 142 Å². The molecule has 8 rings (SSSR count). The number of hydrogen-bond donors (Lipinski definition) is 0. The summed E-state index contributed by atoms with van der Waals surface area (Å²) in [4.78, 5) is 15.3. The molecule has 0 radical (unpaired) electrons. The molecule has 0 aliphatic rings. The lowest BCUT2D eigenvalue weighted by Gasteiger charge is -2.19. The molecular weight excluding hydrogens is 700 g/mol. The highest BCUT2D eigenvalue weighted by atomic mass is 79.9. The summed E-state index contributed by atoms with van der Waals surface area (Å²) in [5.41, 5.74) is 11.1. The van der Waals surface area contributed by atoms with E-state index in [1.54, 1.807) is 0 Å². The fraction of sp³-hybridized carbons (Fsp3) is 0.170. The fourth-order valence-electron chi connectivity index (χ4n) is 6.85. The summed E-state index contributed by atoms with van der Waals surface area (Å²) >= 11 is 3.58. The lowest BCUT2D eigenvalue weighted by atomic mass is 9.85. The van der Waals surface area contributed by atoms with E-state index in [9.17, 15) is 0 Å². The smallest absolute Gasteiger partial charge is 0.164 e. The zero-order valence-electron chi connectivity index (χ0n) is 30.4. The third-order valence-corrected chi connectivity index (χ3v) is 10.3. The molecule has 0 saturated carbocycles. The first-order valence-corrected chi connectivity index (χ1v) is 18.6. The molecule has 2 aromatic heterocycles. The number of fused-ring (bicyclic) bond motifs is 3. The van der Waals surface area contributed by atoms with Crippen LogP contribution in [0, 0.1) is 0 Å². The Bertz CT molecular complexity index is 2500. The number of benzene rings is 6. The number of aromatic nitrogens is 4. The predicted octanol–water partition coefficient (Wildman–Crippen LogP) is 13.0. The first-order valence-electron chi connectivity index (χ1n) is 17.8. The van der Waals surface area contributed by atoms with Gasteiger partial charge in [-0.3, -0.25) is 0 Å². The van der Waals surface area contributed by atoms with Gasteiger partial charge in [0.2, 0.25) is 0 Å². The minimum absolute atomic E-state index is 0.0202. The van der Waals surface area contributed by atoms with Crippen LogP contribution in [0.15, 0.2) is 144 Å². The summed E-state index contributed by atoms with van der Waals surface area (Å²) in [6, 6.07) is 49.5. The van der Waals surface area contributed by atoms with Crippen LogP contribution in [0.5, 0.6) is 0 Å². The molecule has 6 aromatic carbocycles. The molecule has 2 heterocycles. The van der Waals surface area contributed by atoms with Crippen LogP contribution in [-0.2, 0) is 10.8 Å². The molecule has 0 aliphatic carbocycles. The number of nitrogens with zero attached hydrogens (tertiary/aromatic N) is 4. The molecule has 0 bridgehead atoms. The molecule has 0 spiro atoms. The molecule has 0 unspecified atom stereocenters. The Morgan fingerprint density at radius 3 is 1.37 bits per heavy atom. The maximum Gasteiger partial charge on any atom is 0.164 e. The number of hydrogen-bond acceptors (Lipinski definition) is 3. The van der Waals surface area contributed by atoms with Crippen molar-refractivity contribution in [2.45, 2.75) is 52.4 Å². The van der Waals surface area contributed by atoms with Gasteiger partial charge in [-0.05, 0) is 87.7 Å². The second-order valence-electron chi connectivity index (χ2n) is 15.6. The highest BCUT2D eigenvalue weighted by Gasteiger charge is 2.22. The summed E-state index contributed by atoms with van der Waals surface area (Å²) in [5.74, 6) is 1.89. The van der Waals surface area contributed by atoms with E-state index in [2.05, 4.69) is 147 Å². The Balaban J connectivity index is 1.42. The Hall–Kier alpha value is -5.39. The lowest BCUT2D eigenvalue weighted by molar-refractivity contribution is 0.590. The van der Waals surface area contributed by atoms with Crippen LogP contribution in [0.25, 0.3) is 72.8 Å². The van der Waals surface area contributed by atoms with Crippen molar-refractivity contribution in [3.63, 3.8) is 0 Å². The van der Waals surface area contributed by atoms with Crippen molar-refractivity contribution in [3.8, 4) is 51.0 Å². The van der Waals surface area contributed by atoms with E-state index in [0.29, 0.717) is 17.5 Å². The summed E-state index contributed by atoms with van der Waals surface area (Å²) in [7, 11) is 0. The van der Waals surface area contributed by atoms with Crippen molar-refractivity contribution in [1.29, 1.82) is 0 Å². The Kier molecular flexibility index (Phi) is 8.42. The largest absolute Gasteiger partial charge is 0.309 e. The molecule has 0 atom stereocenters. The van der Waals surface area contributed by atoms with Crippen molar-refractivity contribution >= 4 is 37.7 Å². The summed E-state index contributed by atoms with van der Waals surface area (Å²) in [6.45, 7) is 13.7. The molecule has 4 nitrogen and oxygen atoms in total. The topological polar surface area (TPSA) is 43.6 Å². The highest BCUT2D eigenvalue weighted by Crippen LogP contribution is 2.39. The maximum absolute atomic E-state index is 5.14. The quantitative estimate of drug-likeness (QED) is 0.176. The van der Waals surface area contributed by atoms with E-state index in [4.69, 9.17) is 15.0 Å². The Morgan fingerprint density at radius 2 is 0.865 bits per heavy atom. The molecule has 0 aliphatic heterocycles. The van der Waals surface area contributed by atoms with Crippen molar-refractivity contribution < 1.29 is 0 Å². The standard InChI is InChI=1S/C47H41BrN4/c1-46(2,3)35-19-23-41-39(28-35)40-29-36(47(4,5)6)20-24-42(40)52(41)38-26-33(30-13-9-7-10-14-30)25-34(27-38)45-50-43(31-15-11-8-12-16-31)49-44(51-45)32-17-21-37(48)22-18-32/h7-29H,1-6H3. The van der Waals surface area contributed by atoms with E-state index in [-0.39, 0.29) is 10.8 Å². The molecular formula is C47H41BrN4. The zero-order valence-corrected chi connectivity index (χ0v) is 32.0. The molecule has 0 amide bonds. The van der Waals surface area contributed by atoms with E-state index < -0.39 is 0 Å². The fourth-order valence-corrected chi connectivity index (χ4v) is 7.11. The first-order chi connectivity index (χ1) is 24.9. The van der Waals surface area contributed by atoms with Gasteiger partial charge in [-0.2, -0.15) is 0 Å². The number of halogens is 1. The van der Waals surface area contributed by atoms with Gasteiger partial charge in [-0.15, -0.1) is 0 Å². The van der Waals surface area contributed by atoms with Crippen molar-refractivity contribution in [2.75, 3.05) is 0 Å². The van der Waals surface area contributed by atoms with Gasteiger partial charge in [0.25, 0.3) is 0 Å². The van der Waals surface area contributed by atoms with Crippen LogP contribution in [-0.4, -0.2) is 19.5 Å². The SMILES string of the molecule is CC(C)(C)c1ccc2c(c1)c1cc(C(C)(C)C)ccc1n2-c1cc(-c2ccccc2)cc(-c2nc(-c3ccccc3)nc(-c3ccc(Br)cc3)n2)c1. The van der Waals surface area contributed by atoms with Crippen LogP contribution < -0.4 is 0 Å². The van der Waals surface area contributed by atoms with E-state index >= 15 is 0 Å². The van der Waals surface area contributed by atoms with Crippen LogP contribution in [0.4, 0.5) is 0 Å². The number of rotatable bonds is 5. The zero-order chi connectivity index (χ0) is 36.2. The van der Waals surface area contributed by atoms with Crippen LogP contribution >= 0.6 is 15.9 Å². The summed E-state index contributed by atoms with van der Waals surface area (Å²) in [6.07, 6.45) is 0. The molecule has 0 fully saturated rings. The normalized spacial score (nSPS) is 12.1. The second kappa shape index (κ2) is 13.0. The monoisotopic (exact) mass is 740 g/mol. The molecule has 0 N–H and O–H groups in total. The van der Waals surface area contributed by atoms with Crippen molar-refractivity contribution in [2.24, 2.45) is 0 Å². The molecule has 8 aromatic rings. The average molecular weight is 742 g/mol. The van der Waals surface area contributed by atoms with Crippen LogP contribution in [0.3, 0.4) is 0 Å². The minimum Gasteiger partial charge on any atom is -0.309 e. The van der Waals surface area contributed by atoms with Gasteiger partial charge < -0.3 is 4.57 Å². The van der Waals surface area contributed by atoms with E-state index in [1.807, 2.05) is 54.6 Å². The first kappa shape index (κ1) is 33.7. The Labute approximate surface area is 314 Å². The van der Waals surface area contributed by atoms with Gasteiger partial charge in [-0.25, -0.2) is 15.0 Å². The summed E-state index contributed by atoms with van der Waals surface area (Å²) < 4.78 is 3.42. The lowest BCUT2D eigenvalue weighted by Crippen LogP contribution is -2.10. The second-order valence-corrected chi connectivity index (χ2v) is 16.5. The van der Waals surface area contributed by atoms with Gasteiger partial charge in [0.05, 0.1) is 11.0 Å². The maximum atomic E-state index is 5.14. The molecule has 0 saturated heterocycles. The molecule has 256 valence electrons. The van der Waals surface area contributed by atoms with Gasteiger partial charge in [0.1, 0.15) is 0 Å². The van der Waals surface area contributed by atoms with Crippen molar-refractivity contribution in [1.82, 2.24) is 19.5 Å². The van der Waals surface area contributed by atoms with Crippen molar-refractivity contribution in [3.05, 3.63) is 155 Å². The molecule has 52 heavy (non-hydrogen) atoms. The minimum atomic E-state index is 0.0202. The van der Waals surface area contributed by atoms with E-state index in [0.717, 1.165) is 38.0 Å². The van der Waals surface area contributed by atoms with Gasteiger partial charge >= 0.3 is 0 Å². The van der Waals surface area contributed by atoms with Gasteiger partial charge in [0, 0.05) is 37.6 Å². The predicted molar refractivity (Wildman–Crippen MR) is 221 cm³/mol. The molecule has 5 heteroatoms. The third kappa shape index (κ3) is 6.46. The Morgan fingerprint density at radius 1 is 0.423 bits per heavy atom. The van der Waals surface area contributed by atoms with E-state index in [1.165, 1.54) is 32.9 Å². The highest BCUT2D eigenvalue weighted by molar-refractivity contribution is 9.10. The van der Waals surface area contributed by atoms with Crippen LogP contribution in [0.2, 0.25) is 0 Å². The van der Waals surface area contributed by atoms with Crippen LogP contribution in [0.1, 0.15) is 52.7 Å². The summed E-state index contributed by atoms with van der Waals surface area (Å²) in [5, 5.41) is 2.51. The average Bonchev–Trinajstić information content (AvgIpc) is 3.48. The van der Waals surface area contributed by atoms with Gasteiger partial charge in [0.15, 0.2) is 17.5 Å².